The van der Waals surface area contributed by atoms with E-state index in [2.05, 4.69) is 15.5 Å². The lowest BCUT2D eigenvalue weighted by atomic mass is 10.2. The third-order valence-corrected chi connectivity index (χ3v) is 3.17. The Morgan fingerprint density at radius 2 is 2.05 bits per heavy atom. The Morgan fingerprint density at radius 1 is 1.25 bits per heavy atom. The summed E-state index contributed by atoms with van der Waals surface area (Å²) in [6, 6.07) is 0. The summed E-state index contributed by atoms with van der Waals surface area (Å²) in [5.41, 5.74) is 2.82. The van der Waals surface area contributed by atoms with E-state index in [1.165, 1.54) is 4.68 Å². The average Bonchev–Trinajstić information content (AvgIpc) is 2.99. The van der Waals surface area contributed by atoms with Crippen molar-refractivity contribution in [2.45, 2.75) is 46.5 Å². The van der Waals surface area contributed by atoms with Crippen LogP contribution in [0.2, 0.25) is 0 Å². The summed E-state index contributed by atoms with van der Waals surface area (Å²) in [5, 5.41) is 11.4. The average molecular weight is 283 g/mol. The Balaban J connectivity index is 1.86. The molecule has 0 bridgehead atoms. The minimum Gasteiger partial charge on any atom is -0.308 e. The first kappa shape index (κ1) is 14.6. The molecule has 0 aliphatic carbocycles. The van der Waals surface area contributed by atoms with Gasteiger partial charge in [-0.05, 0) is 13.8 Å². The summed E-state index contributed by atoms with van der Waals surface area (Å²) < 4.78 is 27.9. The van der Waals surface area contributed by atoms with E-state index in [0.717, 1.165) is 23.4 Å². The van der Waals surface area contributed by atoms with E-state index >= 15 is 0 Å². The smallest absolute Gasteiger partial charge is 0.257 e. The molecule has 5 nitrogen and oxygen atoms in total. The number of alkyl halides is 2. The Bertz CT molecular complexity index is 547. The summed E-state index contributed by atoms with van der Waals surface area (Å²) in [7, 11) is 0. The van der Waals surface area contributed by atoms with E-state index in [-0.39, 0.29) is 6.54 Å². The molecule has 2 rings (SSSR count). The fourth-order valence-electron chi connectivity index (χ4n) is 1.99. The number of hydrogen-bond acceptors (Lipinski definition) is 3. The molecule has 0 aromatic carbocycles. The number of aryl methyl sites for hydroxylation is 1. The zero-order chi connectivity index (χ0) is 14.5. The van der Waals surface area contributed by atoms with Crippen LogP contribution in [0, 0.1) is 6.92 Å². The highest BCUT2D eigenvalue weighted by Crippen LogP contribution is 2.09. The van der Waals surface area contributed by atoms with Gasteiger partial charge in [0.1, 0.15) is 6.54 Å². The Kier molecular flexibility index (Phi) is 4.84. The third-order valence-electron chi connectivity index (χ3n) is 3.17. The quantitative estimate of drug-likeness (QED) is 0.845. The van der Waals surface area contributed by atoms with Crippen LogP contribution < -0.4 is 5.32 Å². The lowest BCUT2D eigenvalue weighted by molar-refractivity contribution is 0.121. The van der Waals surface area contributed by atoms with Crippen LogP contribution in [0.15, 0.2) is 18.6 Å². The fourth-order valence-corrected chi connectivity index (χ4v) is 1.99. The minimum absolute atomic E-state index is 0.352. The molecule has 0 amide bonds. The van der Waals surface area contributed by atoms with Gasteiger partial charge in [-0.2, -0.15) is 10.2 Å². The lowest BCUT2D eigenvalue weighted by Gasteiger charge is -2.05. The maximum Gasteiger partial charge on any atom is 0.257 e. The first-order chi connectivity index (χ1) is 9.60. The van der Waals surface area contributed by atoms with Gasteiger partial charge in [-0.1, -0.05) is 0 Å². The SMILES string of the molecule is CCn1cc(CNCc2cnn(CC(F)F)c2C)cn1. The molecule has 2 aromatic rings. The van der Waals surface area contributed by atoms with E-state index in [1.807, 2.05) is 30.9 Å². The molecule has 0 radical (unpaired) electrons. The largest absolute Gasteiger partial charge is 0.308 e. The molecule has 0 spiro atoms. The van der Waals surface area contributed by atoms with Gasteiger partial charge in [0.15, 0.2) is 0 Å². The van der Waals surface area contributed by atoms with Crippen LogP contribution in [0.4, 0.5) is 8.78 Å². The number of rotatable bonds is 7. The standard InChI is InChI=1S/C13H19F2N5/c1-3-19-8-11(5-17-19)4-16-6-12-7-18-20(10(12)2)9-13(14)15/h5,7-8,13,16H,3-4,6,9H2,1-2H3. The van der Waals surface area contributed by atoms with Crippen molar-refractivity contribution in [1.82, 2.24) is 24.9 Å². The van der Waals surface area contributed by atoms with Crippen LogP contribution in [0.3, 0.4) is 0 Å². The fraction of sp³-hybridized carbons (Fsp3) is 0.538. The lowest BCUT2D eigenvalue weighted by Crippen LogP contribution is -2.14. The minimum atomic E-state index is -2.38. The molecular formula is C13H19F2N5. The molecule has 0 aliphatic rings. The molecule has 20 heavy (non-hydrogen) atoms. The van der Waals surface area contributed by atoms with Gasteiger partial charge in [-0.15, -0.1) is 0 Å². The van der Waals surface area contributed by atoms with Crippen molar-refractivity contribution in [2.24, 2.45) is 0 Å². The molecule has 0 aliphatic heterocycles. The van der Waals surface area contributed by atoms with Crippen LogP contribution >= 0.6 is 0 Å². The van der Waals surface area contributed by atoms with Gasteiger partial charge in [-0.25, -0.2) is 8.78 Å². The summed E-state index contributed by atoms with van der Waals surface area (Å²) >= 11 is 0. The maximum atomic E-state index is 12.3. The second-order valence-corrected chi connectivity index (χ2v) is 4.64. The highest BCUT2D eigenvalue weighted by Gasteiger charge is 2.10. The van der Waals surface area contributed by atoms with E-state index in [0.29, 0.717) is 13.1 Å². The van der Waals surface area contributed by atoms with E-state index in [9.17, 15) is 8.78 Å². The highest BCUT2D eigenvalue weighted by atomic mass is 19.3. The molecule has 0 unspecified atom stereocenters. The second-order valence-electron chi connectivity index (χ2n) is 4.64. The number of nitrogens with one attached hydrogen (secondary N) is 1. The molecule has 1 N–H and O–H groups in total. The van der Waals surface area contributed by atoms with Crippen LogP contribution in [0.5, 0.6) is 0 Å². The molecule has 2 aromatic heterocycles. The van der Waals surface area contributed by atoms with Crippen LogP contribution in [0.25, 0.3) is 0 Å². The van der Waals surface area contributed by atoms with Crippen LogP contribution in [0.1, 0.15) is 23.7 Å². The number of hydrogen-bond donors (Lipinski definition) is 1. The summed E-state index contributed by atoms with van der Waals surface area (Å²) in [6.07, 6.45) is 3.07. The van der Waals surface area contributed by atoms with Crippen LogP contribution in [-0.2, 0) is 26.2 Å². The molecule has 0 atom stereocenters. The summed E-state index contributed by atoms with van der Waals surface area (Å²) in [5.74, 6) is 0. The van der Waals surface area contributed by atoms with E-state index in [4.69, 9.17) is 0 Å². The summed E-state index contributed by atoms with van der Waals surface area (Å²) in [6.45, 7) is 5.63. The molecule has 110 valence electrons. The Hall–Kier alpha value is -1.76. The maximum absolute atomic E-state index is 12.3. The molecule has 0 saturated heterocycles. The predicted octanol–water partition coefficient (Wildman–Crippen LogP) is 1.96. The van der Waals surface area contributed by atoms with Crippen molar-refractivity contribution in [3.8, 4) is 0 Å². The number of nitrogens with zero attached hydrogens (tertiary/aromatic N) is 4. The van der Waals surface area contributed by atoms with Gasteiger partial charge in [0.2, 0.25) is 0 Å². The monoisotopic (exact) mass is 283 g/mol. The number of aromatic nitrogens is 4. The first-order valence-corrected chi connectivity index (χ1v) is 6.61. The topological polar surface area (TPSA) is 47.7 Å². The predicted molar refractivity (Wildman–Crippen MR) is 71.4 cm³/mol. The van der Waals surface area contributed by atoms with Gasteiger partial charge < -0.3 is 5.32 Å². The van der Waals surface area contributed by atoms with Gasteiger partial charge in [0.05, 0.1) is 12.4 Å². The molecule has 0 fully saturated rings. The van der Waals surface area contributed by atoms with Crippen molar-refractivity contribution in [3.63, 3.8) is 0 Å². The van der Waals surface area contributed by atoms with Gasteiger partial charge in [0, 0.05) is 42.7 Å². The third kappa shape index (κ3) is 3.63. The van der Waals surface area contributed by atoms with E-state index in [1.54, 1.807) is 6.20 Å². The van der Waals surface area contributed by atoms with Crippen molar-refractivity contribution < 1.29 is 8.78 Å². The Labute approximate surface area is 116 Å². The van der Waals surface area contributed by atoms with Crippen molar-refractivity contribution in [3.05, 3.63) is 35.4 Å². The van der Waals surface area contributed by atoms with Gasteiger partial charge in [0.25, 0.3) is 6.43 Å². The van der Waals surface area contributed by atoms with Crippen LogP contribution in [-0.4, -0.2) is 26.0 Å². The number of halogens is 2. The highest BCUT2D eigenvalue weighted by molar-refractivity contribution is 5.16. The molecular weight excluding hydrogens is 264 g/mol. The summed E-state index contributed by atoms with van der Waals surface area (Å²) in [4.78, 5) is 0. The van der Waals surface area contributed by atoms with Crippen molar-refractivity contribution >= 4 is 0 Å². The zero-order valence-electron chi connectivity index (χ0n) is 11.7. The normalized spacial score (nSPS) is 11.4. The van der Waals surface area contributed by atoms with E-state index < -0.39 is 6.43 Å². The van der Waals surface area contributed by atoms with Crippen molar-refractivity contribution in [1.29, 1.82) is 0 Å². The molecule has 2 heterocycles. The Morgan fingerprint density at radius 3 is 2.70 bits per heavy atom. The first-order valence-electron chi connectivity index (χ1n) is 6.61. The zero-order valence-corrected chi connectivity index (χ0v) is 11.7. The molecule has 0 saturated carbocycles. The van der Waals surface area contributed by atoms with Crippen molar-refractivity contribution in [2.75, 3.05) is 0 Å². The second kappa shape index (κ2) is 6.60. The van der Waals surface area contributed by atoms with Gasteiger partial charge >= 0.3 is 0 Å². The van der Waals surface area contributed by atoms with Gasteiger partial charge in [-0.3, -0.25) is 9.36 Å². The molecule has 7 heteroatoms.